The van der Waals surface area contributed by atoms with E-state index in [1.54, 1.807) is 31.4 Å². The molecule has 0 bridgehead atoms. The Bertz CT molecular complexity index is 436. The highest BCUT2D eigenvalue weighted by molar-refractivity contribution is 7.99. The van der Waals surface area contributed by atoms with Crippen LogP contribution in [0.4, 0.5) is 5.69 Å². The largest absolute Gasteiger partial charge is 0.481 e. The van der Waals surface area contributed by atoms with Gasteiger partial charge in [0, 0.05) is 18.6 Å². The number of nitrogens with one attached hydrogen (secondary N) is 1. The quantitative estimate of drug-likeness (QED) is 0.709. The van der Waals surface area contributed by atoms with Crippen molar-refractivity contribution in [2.24, 2.45) is 0 Å². The number of aliphatic carboxylic acids is 1. The first kappa shape index (κ1) is 15.5. The van der Waals surface area contributed by atoms with Gasteiger partial charge in [0.1, 0.15) is 0 Å². The maximum atomic E-state index is 11.7. The van der Waals surface area contributed by atoms with Crippen molar-refractivity contribution in [3.8, 4) is 0 Å². The number of carboxylic acid groups (broad SMARTS) is 1. The minimum Gasteiger partial charge on any atom is -0.481 e. The van der Waals surface area contributed by atoms with Crippen LogP contribution in [0.1, 0.15) is 5.56 Å². The summed E-state index contributed by atoms with van der Waals surface area (Å²) in [5.41, 5.74) is 1.16. The summed E-state index contributed by atoms with van der Waals surface area (Å²) < 4.78 is 4.89. The van der Waals surface area contributed by atoms with Gasteiger partial charge in [-0.2, -0.15) is 0 Å². The van der Waals surface area contributed by atoms with Crippen molar-refractivity contribution in [1.29, 1.82) is 0 Å². The van der Waals surface area contributed by atoms with Gasteiger partial charge in [0.25, 0.3) is 0 Å². The molecule has 6 heteroatoms. The van der Waals surface area contributed by atoms with Crippen LogP contribution in [0.25, 0.3) is 0 Å². The highest BCUT2D eigenvalue weighted by Gasteiger charge is 2.09. The average molecular weight is 283 g/mol. The topological polar surface area (TPSA) is 75.6 Å². The molecule has 0 aromatic heterocycles. The number of carboxylic acids is 1. The number of para-hydroxylation sites is 1. The standard InChI is InChI=1S/C13H17NO4S/c1-18-6-7-19-9-12(15)14-11-5-3-2-4-10(11)8-13(16)17/h2-5H,6-9H2,1H3,(H,14,15)(H,16,17). The Morgan fingerprint density at radius 3 is 2.79 bits per heavy atom. The van der Waals surface area contributed by atoms with Gasteiger partial charge >= 0.3 is 5.97 Å². The van der Waals surface area contributed by atoms with Crippen LogP contribution in [0.3, 0.4) is 0 Å². The summed E-state index contributed by atoms with van der Waals surface area (Å²) in [6.07, 6.45) is -0.104. The zero-order valence-electron chi connectivity index (χ0n) is 10.7. The molecule has 0 spiro atoms. The number of amides is 1. The molecule has 0 radical (unpaired) electrons. The molecule has 2 N–H and O–H groups in total. The molecule has 0 aliphatic rings. The van der Waals surface area contributed by atoms with Crippen LogP contribution in [0, 0.1) is 0 Å². The molecule has 1 rings (SSSR count). The number of hydrogen-bond acceptors (Lipinski definition) is 4. The molecule has 19 heavy (non-hydrogen) atoms. The van der Waals surface area contributed by atoms with Crippen LogP contribution >= 0.6 is 11.8 Å². The summed E-state index contributed by atoms with van der Waals surface area (Å²) >= 11 is 1.47. The number of benzene rings is 1. The molecule has 0 saturated carbocycles. The van der Waals surface area contributed by atoms with E-state index in [1.807, 2.05) is 0 Å². The van der Waals surface area contributed by atoms with Gasteiger partial charge in [-0.05, 0) is 11.6 Å². The third-order valence-electron chi connectivity index (χ3n) is 2.30. The molecule has 0 unspecified atom stereocenters. The lowest BCUT2D eigenvalue weighted by molar-refractivity contribution is -0.136. The van der Waals surface area contributed by atoms with Gasteiger partial charge in [0.2, 0.25) is 5.91 Å². The van der Waals surface area contributed by atoms with Gasteiger partial charge in [-0.25, -0.2) is 0 Å². The average Bonchev–Trinajstić information content (AvgIpc) is 2.36. The lowest BCUT2D eigenvalue weighted by Crippen LogP contribution is -2.16. The van der Waals surface area contributed by atoms with Gasteiger partial charge in [0.05, 0.1) is 18.8 Å². The third-order valence-corrected chi connectivity index (χ3v) is 3.22. The fraction of sp³-hybridized carbons (Fsp3) is 0.385. The van der Waals surface area contributed by atoms with E-state index in [9.17, 15) is 9.59 Å². The van der Waals surface area contributed by atoms with E-state index in [0.29, 0.717) is 23.6 Å². The molecule has 104 valence electrons. The molecule has 0 aliphatic carbocycles. The number of rotatable bonds is 8. The molecule has 5 nitrogen and oxygen atoms in total. The van der Waals surface area contributed by atoms with Crippen molar-refractivity contribution in [2.75, 3.05) is 30.5 Å². The summed E-state index contributed by atoms with van der Waals surface area (Å²) in [5.74, 6) is 0.0148. The van der Waals surface area contributed by atoms with E-state index in [-0.39, 0.29) is 12.3 Å². The van der Waals surface area contributed by atoms with Crippen molar-refractivity contribution in [3.63, 3.8) is 0 Å². The van der Waals surface area contributed by atoms with Crippen LogP contribution in [0.2, 0.25) is 0 Å². The molecule has 1 amide bonds. The maximum absolute atomic E-state index is 11.7. The number of ether oxygens (including phenoxy) is 1. The smallest absolute Gasteiger partial charge is 0.307 e. The molecule has 1 aromatic carbocycles. The Labute approximate surface area is 116 Å². The van der Waals surface area contributed by atoms with Crippen molar-refractivity contribution in [2.45, 2.75) is 6.42 Å². The van der Waals surface area contributed by atoms with E-state index in [2.05, 4.69) is 5.32 Å². The van der Waals surface area contributed by atoms with E-state index in [4.69, 9.17) is 9.84 Å². The predicted octanol–water partition coefficient (Wildman–Crippen LogP) is 1.63. The van der Waals surface area contributed by atoms with Gasteiger partial charge in [-0.15, -0.1) is 11.8 Å². The van der Waals surface area contributed by atoms with Gasteiger partial charge in [-0.3, -0.25) is 9.59 Å². The van der Waals surface area contributed by atoms with Crippen molar-refractivity contribution in [3.05, 3.63) is 29.8 Å². The Kier molecular flexibility index (Phi) is 6.99. The number of carbonyl (C=O) groups is 2. The summed E-state index contributed by atoms with van der Waals surface area (Å²) in [7, 11) is 1.61. The van der Waals surface area contributed by atoms with Gasteiger partial charge in [0.15, 0.2) is 0 Å². The lowest BCUT2D eigenvalue weighted by Gasteiger charge is -2.09. The molecule has 0 heterocycles. The Balaban J connectivity index is 2.51. The molecule has 1 aromatic rings. The highest BCUT2D eigenvalue weighted by atomic mass is 32.2. The molecule has 0 aliphatic heterocycles. The molecular weight excluding hydrogens is 266 g/mol. The minimum absolute atomic E-state index is 0.104. The Morgan fingerprint density at radius 2 is 2.11 bits per heavy atom. The van der Waals surface area contributed by atoms with E-state index in [0.717, 1.165) is 5.75 Å². The van der Waals surface area contributed by atoms with Crippen molar-refractivity contribution in [1.82, 2.24) is 0 Å². The first-order valence-corrected chi connectivity index (χ1v) is 6.95. The number of anilines is 1. The van der Waals surface area contributed by atoms with E-state index in [1.165, 1.54) is 11.8 Å². The fourth-order valence-corrected chi connectivity index (χ4v) is 2.14. The second-order valence-corrected chi connectivity index (χ2v) is 4.93. The first-order chi connectivity index (χ1) is 9.13. The lowest BCUT2D eigenvalue weighted by atomic mass is 10.1. The van der Waals surface area contributed by atoms with E-state index < -0.39 is 5.97 Å². The minimum atomic E-state index is -0.920. The number of methoxy groups -OCH3 is 1. The monoisotopic (exact) mass is 283 g/mol. The second kappa shape index (κ2) is 8.55. The summed E-state index contributed by atoms with van der Waals surface area (Å²) in [6.45, 7) is 0.605. The number of carbonyl (C=O) groups excluding carboxylic acids is 1. The highest BCUT2D eigenvalue weighted by Crippen LogP contribution is 2.16. The van der Waals surface area contributed by atoms with Gasteiger partial charge in [-0.1, -0.05) is 18.2 Å². The van der Waals surface area contributed by atoms with Crippen LogP contribution in [-0.4, -0.2) is 42.2 Å². The fourth-order valence-electron chi connectivity index (χ4n) is 1.45. The Morgan fingerprint density at radius 1 is 1.37 bits per heavy atom. The molecule has 0 atom stereocenters. The summed E-state index contributed by atoms with van der Waals surface area (Å²) in [4.78, 5) is 22.4. The summed E-state index contributed by atoms with van der Waals surface area (Å²) in [5, 5.41) is 11.5. The zero-order valence-corrected chi connectivity index (χ0v) is 11.5. The van der Waals surface area contributed by atoms with Crippen LogP contribution in [-0.2, 0) is 20.7 Å². The maximum Gasteiger partial charge on any atom is 0.307 e. The second-order valence-electron chi connectivity index (χ2n) is 3.82. The SMILES string of the molecule is COCCSCC(=O)Nc1ccccc1CC(=O)O. The van der Waals surface area contributed by atoms with Crippen molar-refractivity contribution < 1.29 is 19.4 Å². The molecule has 0 saturated heterocycles. The van der Waals surface area contributed by atoms with Crippen LogP contribution in [0.5, 0.6) is 0 Å². The number of thioether (sulfide) groups is 1. The third kappa shape index (κ3) is 6.26. The van der Waals surface area contributed by atoms with Crippen molar-refractivity contribution >= 4 is 29.3 Å². The zero-order chi connectivity index (χ0) is 14.1. The Hall–Kier alpha value is -1.53. The summed E-state index contributed by atoms with van der Waals surface area (Å²) in [6, 6.07) is 6.91. The molecular formula is C13H17NO4S. The van der Waals surface area contributed by atoms with Crippen LogP contribution in [0.15, 0.2) is 24.3 Å². The molecule has 0 fully saturated rings. The predicted molar refractivity (Wildman–Crippen MR) is 75.6 cm³/mol. The normalized spacial score (nSPS) is 10.2. The van der Waals surface area contributed by atoms with Gasteiger partial charge < -0.3 is 15.2 Å². The first-order valence-electron chi connectivity index (χ1n) is 5.79. The van der Waals surface area contributed by atoms with Crippen LogP contribution < -0.4 is 5.32 Å². The van der Waals surface area contributed by atoms with E-state index >= 15 is 0 Å². The number of hydrogen-bond donors (Lipinski definition) is 2.